The molecule has 0 saturated carbocycles. The monoisotopic (exact) mass is 311 g/mol. The summed E-state index contributed by atoms with van der Waals surface area (Å²) in [4.78, 5) is 24.0. The van der Waals surface area contributed by atoms with Crippen molar-refractivity contribution in [1.29, 1.82) is 0 Å². The Labute approximate surface area is 128 Å². The van der Waals surface area contributed by atoms with Crippen molar-refractivity contribution < 1.29 is 14.5 Å². The van der Waals surface area contributed by atoms with E-state index in [1.165, 1.54) is 16.9 Å². The lowest BCUT2D eigenvalue weighted by atomic mass is 10.2. The fraction of sp³-hybridized carbons (Fsp3) is 0.692. The molecule has 1 amide bonds. The first kappa shape index (κ1) is 16.4. The number of morpholine rings is 1. The van der Waals surface area contributed by atoms with Gasteiger partial charge in [0.05, 0.1) is 29.6 Å². The zero-order chi connectivity index (χ0) is 16.1. The van der Waals surface area contributed by atoms with E-state index >= 15 is 0 Å². The van der Waals surface area contributed by atoms with Crippen LogP contribution in [0.4, 0.5) is 5.82 Å². The molecule has 1 N–H and O–H groups in total. The Hall–Kier alpha value is -2.00. The number of nitro groups is 1. The van der Waals surface area contributed by atoms with Crippen molar-refractivity contribution in [2.75, 3.05) is 26.2 Å². The molecule has 122 valence electrons. The van der Waals surface area contributed by atoms with Crippen LogP contribution in [0.25, 0.3) is 0 Å². The van der Waals surface area contributed by atoms with Gasteiger partial charge in [-0.15, -0.1) is 0 Å². The molecule has 1 aliphatic heterocycles. The molecule has 22 heavy (non-hydrogen) atoms. The Morgan fingerprint density at radius 2 is 2.18 bits per heavy atom. The fourth-order valence-electron chi connectivity index (χ4n) is 2.56. The van der Waals surface area contributed by atoms with E-state index in [0.717, 1.165) is 19.6 Å². The van der Waals surface area contributed by atoms with Crippen molar-refractivity contribution >= 4 is 11.7 Å². The Bertz CT molecular complexity index is 522. The van der Waals surface area contributed by atoms with Gasteiger partial charge in [-0.2, -0.15) is 4.68 Å². The lowest BCUT2D eigenvalue weighted by Gasteiger charge is -2.35. The number of nitrogens with zero attached hydrogens (tertiary/aromatic N) is 4. The Kier molecular flexibility index (Phi) is 5.45. The molecule has 1 saturated heterocycles. The van der Waals surface area contributed by atoms with Gasteiger partial charge in [0.25, 0.3) is 0 Å². The number of nitrogens with one attached hydrogen (secondary N) is 1. The summed E-state index contributed by atoms with van der Waals surface area (Å²) in [5.74, 6) is -0.476. The van der Waals surface area contributed by atoms with Gasteiger partial charge in [-0.05, 0) is 18.8 Å². The van der Waals surface area contributed by atoms with E-state index in [1.54, 1.807) is 0 Å². The summed E-state index contributed by atoms with van der Waals surface area (Å²) in [6.45, 7) is 7.03. The number of carbonyl (C=O) groups is 1. The van der Waals surface area contributed by atoms with Gasteiger partial charge in [0.1, 0.15) is 6.54 Å². The maximum absolute atomic E-state index is 11.8. The molecule has 0 aromatic carbocycles. The molecule has 2 atom stereocenters. The summed E-state index contributed by atoms with van der Waals surface area (Å²) in [5, 5.41) is 17.0. The van der Waals surface area contributed by atoms with Crippen LogP contribution in [0.15, 0.2) is 12.3 Å². The Morgan fingerprint density at radius 1 is 1.50 bits per heavy atom. The van der Waals surface area contributed by atoms with E-state index in [2.05, 4.69) is 15.3 Å². The standard InChI is InChI=1S/C13H21N5O4/c1-10-7-16(8-11(2)22-10)6-4-14-13(19)9-17-5-3-12(15-17)18(20)21/h3,5,10-11H,4,6-9H2,1-2H3,(H,14,19)/t10-,11-/m0/s1. The first-order valence-electron chi connectivity index (χ1n) is 7.26. The van der Waals surface area contributed by atoms with Crippen LogP contribution in [0.3, 0.4) is 0 Å². The SMILES string of the molecule is C[C@H]1CN(CCNC(=O)Cn2ccc([N+](=O)[O-])n2)C[C@H](C)O1. The molecule has 0 spiro atoms. The molecule has 1 aliphatic rings. The second-order valence-electron chi connectivity index (χ2n) is 5.50. The predicted molar refractivity (Wildman–Crippen MR) is 78.3 cm³/mol. The molecular formula is C13H21N5O4. The zero-order valence-corrected chi connectivity index (χ0v) is 12.8. The first-order valence-corrected chi connectivity index (χ1v) is 7.26. The van der Waals surface area contributed by atoms with Crippen molar-refractivity contribution in [3.63, 3.8) is 0 Å². The summed E-state index contributed by atoms with van der Waals surface area (Å²) < 4.78 is 6.91. The van der Waals surface area contributed by atoms with Gasteiger partial charge in [0.15, 0.2) is 0 Å². The number of rotatable bonds is 6. The van der Waals surface area contributed by atoms with Crippen LogP contribution < -0.4 is 5.32 Å². The summed E-state index contributed by atoms with van der Waals surface area (Å²) >= 11 is 0. The van der Waals surface area contributed by atoms with Crippen LogP contribution in [0.2, 0.25) is 0 Å². The molecule has 9 heteroatoms. The minimum atomic E-state index is -0.588. The topological polar surface area (TPSA) is 103 Å². The minimum Gasteiger partial charge on any atom is -0.373 e. The number of hydrogen-bond donors (Lipinski definition) is 1. The van der Waals surface area contributed by atoms with E-state index in [4.69, 9.17) is 4.74 Å². The normalized spacial score (nSPS) is 22.5. The average molecular weight is 311 g/mol. The van der Waals surface area contributed by atoms with Gasteiger partial charge in [0, 0.05) is 26.2 Å². The van der Waals surface area contributed by atoms with Gasteiger partial charge in [-0.25, -0.2) is 0 Å². The average Bonchev–Trinajstić information content (AvgIpc) is 2.86. The number of aromatic nitrogens is 2. The van der Waals surface area contributed by atoms with E-state index in [9.17, 15) is 14.9 Å². The maximum atomic E-state index is 11.8. The molecule has 1 fully saturated rings. The molecule has 0 aliphatic carbocycles. The summed E-state index contributed by atoms with van der Waals surface area (Å²) in [6.07, 6.45) is 1.82. The lowest BCUT2D eigenvalue weighted by Crippen LogP contribution is -2.48. The summed E-state index contributed by atoms with van der Waals surface area (Å²) in [5.41, 5.74) is 0. The van der Waals surface area contributed by atoms with Crippen LogP contribution in [0, 0.1) is 10.1 Å². The van der Waals surface area contributed by atoms with Gasteiger partial charge in [0.2, 0.25) is 5.91 Å². The molecule has 0 radical (unpaired) electrons. The van der Waals surface area contributed by atoms with E-state index < -0.39 is 4.92 Å². The van der Waals surface area contributed by atoms with Gasteiger partial charge < -0.3 is 20.2 Å². The van der Waals surface area contributed by atoms with Crippen LogP contribution in [0.5, 0.6) is 0 Å². The highest BCUT2D eigenvalue weighted by atomic mass is 16.6. The van der Waals surface area contributed by atoms with Crippen molar-refractivity contribution in [2.45, 2.75) is 32.6 Å². The van der Waals surface area contributed by atoms with E-state index in [0.29, 0.717) is 6.54 Å². The van der Waals surface area contributed by atoms with Crippen LogP contribution >= 0.6 is 0 Å². The highest BCUT2D eigenvalue weighted by Gasteiger charge is 2.21. The third-order valence-electron chi connectivity index (χ3n) is 3.36. The van der Waals surface area contributed by atoms with Gasteiger partial charge in [-0.1, -0.05) is 0 Å². The first-order chi connectivity index (χ1) is 10.4. The van der Waals surface area contributed by atoms with Crippen molar-refractivity contribution in [3.8, 4) is 0 Å². The van der Waals surface area contributed by atoms with Crippen LogP contribution in [0.1, 0.15) is 13.8 Å². The van der Waals surface area contributed by atoms with Crippen molar-refractivity contribution in [3.05, 3.63) is 22.4 Å². The third-order valence-corrected chi connectivity index (χ3v) is 3.36. The number of ether oxygens (including phenoxy) is 1. The molecule has 2 rings (SSSR count). The molecule has 1 aromatic heterocycles. The van der Waals surface area contributed by atoms with Crippen molar-refractivity contribution in [2.24, 2.45) is 0 Å². The van der Waals surface area contributed by atoms with Gasteiger partial charge in [-0.3, -0.25) is 9.69 Å². The second-order valence-corrected chi connectivity index (χ2v) is 5.50. The number of hydrogen-bond acceptors (Lipinski definition) is 6. The molecular weight excluding hydrogens is 290 g/mol. The smallest absolute Gasteiger partial charge is 0.373 e. The highest BCUT2D eigenvalue weighted by Crippen LogP contribution is 2.09. The molecule has 0 unspecified atom stereocenters. The number of amides is 1. The third kappa shape index (κ3) is 4.78. The molecule has 1 aromatic rings. The predicted octanol–water partition coefficient (Wildman–Crippen LogP) is 0.0167. The largest absolute Gasteiger partial charge is 0.389 e. The summed E-state index contributed by atoms with van der Waals surface area (Å²) in [6, 6.07) is 1.27. The molecule has 2 heterocycles. The van der Waals surface area contributed by atoms with Gasteiger partial charge >= 0.3 is 5.82 Å². The van der Waals surface area contributed by atoms with Crippen LogP contribution in [-0.4, -0.2) is 63.9 Å². The van der Waals surface area contributed by atoms with E-state index in [1.807, 2.05) is 13.8 Å². The quantitative estimate of drug-likeness (QED) is 0.587. The summed E-state index contributed by atoms with van der Waals surface area (Å²) in [7, 11) is 0. The van der Waals surface area contributed by atoms with E-state index in [-0.39, 0.29) is 30.5 Å². The Morgan fingerprint density at radius 3 is 2.77 bits per heavy atom. The Balaban J connectivity index is 1.70. The lowest BCUT2D eigenvalue weighted by molar-refractivity contribution is -0.389. The molecule has 0 bridgehead atoms. The number of carbonyl (C=O) groups excluding carboxylic acids is 1. The fourth-order valence-corrected chi connectivity index (χ4v) is 2.56. The maximum Gasteiger partial charge on any atom is 0.389 e. The molecule has 9 nitrogen and oxygen atoms in total. The highest BCUT2D eigenvalue weighted by molar-refractivity contribution is 5.75. The minimum absolute atomic E-state index is 0.0241. The second kappa shape index (κ2) is 7.32. The zero-order valence-electron chi connectivity index (χ0n) is 12.8. The van der Waals surface area contributed by atoms with Crippen molar-refractivity contribution in [1.82, 2.24) is 20.0 Å². The van der Waals surface area contributed by atoms with Crippen LogP contribution in [-0.2, 0) is 16.1 Å².